The molecular formula is C14H25NO6Y. The molecule has 0 aromatic carbocycles. The molecule has 0 aliphatic heterocycles. The molecule has 0 saturated heterocycles. The van der Waals surface area contributed by atoms with Crippen LogP contribution in [0, 0.1) is 17.8 Å². The Morgan fingerprint density at radius 2 is 1.68 bits per heavy atom. The van der Waals surface area contributed by atoms with Crippen molar-refractivity contribution in [3.05, 3.63) is 0 Å². The van der Waals surface area contributed by atoms with Gasteiger partial charge in [-0.25, -0.2) is 0 Å². The van der Waals surface area contributed by atoms with Crippen LogP contribution in [0.2, 0.25) is 0 Å². The number of aliphatic carboxylic acids is 1. The standard InChI is InChI=1S/C11H15NO6.C2H6.CH4.Y/c1-3-5(14)6-7(11(16)17)8(10(15)12-2)9(6)18-4-13;1-2;;/h4,6-9H,3H2,1-2H3,(H,12,15)(H,16,17);1-2H3;1H4;. The Morgan fingerprint density at radius 1 is 1.18 bits per heavy atom. The van der Waals surface area contributed by atoms with Crippen LogP contribution < -0.4 is 5.32 Å². The summed E-state index contributed by atoms with van der Waals surface area (Å²) < 4.78 is 4.70. The molecule has 1 radical (unpaired) electrons. The summed E-state index contributed by atoms with van der Waals surface area (Å²) in [7, 11) is 1.36. The summed E-state index contributed by atoms with van der Waals surface area (Å²) in [5.74, 6) is -5.20. The van der Waals surface area contributed by atoms with E-state index in [1.165, 1.54) is 7.05 Å². The second-order valence-electron chi connectivity index (χ2n) is 4.05. The van der Waals surface area contributed by atoms with Crippen molar-refractivity contribution in [3.63, 3.8) is 0 Å². The number of Topliss-reactive ketones (excluding diaryl/α,β-unsaturated/α-hetero) is 1. The molecule has 1 rings (SSSR count). The summed E-state index contributed by atoms with van der Waals surface area (Å²) >= 11 is 0. The fraction of sp³-hybridized carbons (Fsp3) is 0.714. The number of carboxylic acid groups (broad SMARTS) is 1. The van der Waals surface area contributed by atoms with Crippen LogP contribution in [0.15, 0.2) is 0 Å². The van der Waals surface area contributed by atoms with Gasteiger partial charge in [0.05, 0.1) is 17.8 Å². The van der Waals surface area contributed by atoms with E-state index in [0.29, 0.717) is 0 Å². The first-order chi connectivity index (χ1) is 9.49. The molecule has 22 heavy (non-hydrogen) atoms. The third kappa shape index (κ3) is 5.43. The zero-order valence-electron chi connectivity index (χ0n) is 12.7. The second kappa shape index (κ2) is 12.7. The third-order valence-electron chi connectivity index (χ3n) is 3.25. The van der Waals surface area contributed by atoms with Crippen molar-refractivity contribution in [2.75, 3.05) is 7.05 Å². The number of hydrogen-bond donors (Lipinski definition) is 2. The average Bonchev–Trinajstić information content (AvgIpc) is 2.44. The predicted octanol–water partition coefficient (Wildman–Crippen LogP) is 0.860. The molecular weight excluding hydrogens is 367 g/mol. The van der Waals surface area contributed by atoms with Crippen molar-refractivity contribution in [1.82, 2.24) is 5.32 Å². The maximum atomic E-state index is 11.7. The number of amides is 1. The topological polar surface area (TPSA) is 110 Å². The minimum atomic E-state index is -1.24. The maximum absolute atomic E-state index is 11.7. The van der Waals surface area contributed by atoms with Gasteiger partial charge in [-0.15, -0.1) is 0 Å². The van der Waals surface area contributed by atoms with Crippen LogP contribution in [0.25, 0.3) is 0 Å². The Bertz CT molecular complexity index is 364. The van der Waals surface area contributed by atoms with Crippen molar-refractivity contribution in [2.24, 2.45) is 17.8 Å². The van der Waals surface area contributed by atoms with E-state index in [2.05, 4.69) is 5.32 Å². The Morgan fingerprint density at radius 3 is 2.00 bits per heavy atom. The van der Waals surface area contributed by atoms with Crippen LogP contribution in [-0.2, 0) is 56.6 Å². The average molecular weight is 392 g/mol. The monoisotopic (exact) mass is 392 g/mol. The van der Waals surface area contributed by atoms with Gasteiger partial charge in [-0.2, -0.15) is 0 Å². The molecule has 4 atom stereocenters. The molecule has 1 fully saturated rings. The van der Waals surface area contributed by atoms with E-state index < -0.39 is 35.7 Å². The van der Waals surface area contributed by atoms with Crippen LogP contribution >= 0.6 is 0 Å². The number of ether oxygens (including phenoxy) is 1. The quantitative estimate of drug-likeness (QED) is 0.649. The molecule has 4 unspecified atom stereocenters. The molecule has 125 valence electrons. The normalized spacial score (nSPS) is 24.7. The van der Waals surface area contributed by atoms with E-state index in [4.69, 9.17) is 9.84 Å². The predicted molar refractivity (Wildman–Crippen MR) is 76.5 cm³/mol. The summed E-state index contributed by atoms with van der Waals surface area (Å²) in [5, 5.41) is 11.4. The van der Waals surface area contributed by atoms with Gasteiger partial charge in [-0.1, -0.05) is 28.2 Å². The Labute approximate surface area is 156 Å². The van der Waals surface area contributed by atoms with Gasteiger partial charge < -0.3 is 15.2 Å². The van der Waals surface area contributed by atoms with Gasteiger partial charge in [0, 0.05) is 46.2 Å². The van der Waals surface area contributed by atoms with Gasteiger partial charge >= 0.3 is 5.97 Å². The SMILES string of the molecule is C.CC.CCC(=O)C1C(OC=O)C(C(=O)NC)C1C(=O)O.[Y]. The van der Waals surface area contributed by atoms with Gasteiger partial charge in [-0.05, 0) is 0 Å². The zero-order valence-corrected chi connectivity index (χ0v) is 15.5. The van der Waals surface area contributed by atoms with Crippen LogP contribution in [-0.4, -0.2) is 42.4 Å². The van der Waals surface area contributed by atoms with Gasteiger partial charge in [-0.3, -0.25) is 19.2 Å². The summed E-state index contributed by atoms with van der Waals surface area (Å²) in [6.07, 6.45) is -0.857. The van der Waals surface area contributed by atoms with Crippen molar-refractivity contribution in [2.45, 2.75) is 40.7 Å². The molecule has 0 aromatic rings. The van der Waals surface area contributed by atoms with Crippen molar-refractivity contribution < 1.29 is 61.7 Å². The van der Waals surface area contributed by atoms with Gasteiger partial charge in [0.25, 0.3) is 6.47 Å². The Balaban J connectivity index is -0.000000864. The van der Waals surface area contributed by atoms with Gasteiger partial charge in [0.2, 0.25) is 5.91 Å². The molecule has 0 bridgehead atoms. The summed E-state index contributed by atoms with van der Waals surface area (Å²) in [6.45, 7) is 5.72. The second-order valence-corrected chi connectivity index (χ2v) is 4.05. The minimum Gasteiger partial charge on any atom is -0.481 e. The number of ketones is 1. The molecule has 1 aliphatic carbocycles. The molecule has 1 aliphatic rings. The number of carboxylic acids is 1. The van der Waals surface area contributed by atoms with Crippen LogP contribution in [0.5, 0.6) is 0 Å². The molecule has 0 heterocycles. The van der Waals surface area contributed by atoms with E-state index >= 15 is 0 Å². The van der Waals surface area contributed by atoms with E-state index in [1.54, 1.807) is 6.92 Å². The number of carbonyl (C=O) groups is 4. The first-order valence-corrected chi connectivity index (χ1v) is 6.55. The number of carbonyl (C=O) groups excluding carboxylic acids is 3. The molecule has 7 nitrogen and oxygen atoms in total. The smallest absolute Gasteiger partial charge is 0.308 e. The van der Waals surface area contributed by atoms with E-state index in [1.807, 2.05) is 13.8 Å². The fourth-order valence-corrected chi connectivity index (χ4v) is 2.35. The molecule has 1 saturated carbocycles. The van der Waals surface area contributed by atoms with E-state index in [-0.39, 0.29) is 58.8 Å². The molecule has 0 aromatic heterocycles. The minimum absolute atomic E-state index is 0. The summed E-state index contributed by atoms with van der Waals surface area (Å²) in [6, 6.07) is 0. The van der Waals surface area contributed by atoms with E-state index in [0.717, 1.165) is 0 Å². The Hall–Kier alpha value is -0.816. The number of nitrogens with one attached hydrogen (secondary N) is 1. The third-order valence-corrected chi connectivity index (χ3v) is 3.25. The molecule has 0 spiro atoms. The van der Waals surface area contributed by atoms with Crippen molar-refractivity contribution in [1.29, 1.82) is 0 Å². The molecule has 8 heteroatoms. The van der Waals surface area contributed by atoms with Gasteiger partial charge in [0.15, 0.2) is 0 Å². The molecule has 1 amide bonds. The van der Waals surface area contributed by atoms with Crippen LogP contribution in [0.1, 0.15) is 34.6 Å². The largest absolute Gasteiger partial charge is 0.481 e. The van der Waals surface area contributed by atoms with Crippen molar-refractivity contribution >= 4 is 24.1 Å². The first kappa shape index (κ1) is 26.1. The van der Waals surface area contributed by atoms with Crippen molar-refractivity contribution in [3.8, 4) is 0 Å². The number of hydrogen-bond acceptors (Lipinski definition) is 5. The zero-order chi connectivity index (χ0) is 15.9. The van der Waals surface area contributed by atoms with E-state index in [9.17, 15) is 19.2 Å². The number of rotatable bonds is 6. The maximum Gasteiger partial charge on any atom is 0.308 e. The Kier molecular flexibility index (Phi) is 15.1. The summed E-state index contributed by atoms with van der Waals surface area (Å²) in [5.41, 5.74) is 0. The van der Waals surface area contributed by atoms with Crippen LogP contribution in [0.3, 0.4) is 0 Å². The van der Waals surface area contributed by atoms with Gasteiger partial charge in [0.1, 0.15) is 11.9 Å². The van der Waals surface area contributed by atoms with Crippen LogP contribution in [0.4, 0.5) is 0 Å². The first-order valence-electron chi connectivity index (χ1n) is 6.55. The summed E-state index contributed by atoms with van der Waals surface area (Å²) in [4.78, 5) is 44.7. The fourth-order valence-electron chi connectivity index (χ4n) is 2.35. The molecule has 2 N–H and O–H groups in total.